The molecule has 1 aliphatic heterocycles. The average Bonchev–Trinajstić information content (AvgIpc) is 2.82. The molecule has 1 atom stereocenters. The van der Waals surface area contributed by atoms with Gasteiger partial charge in [-0.2, -0.15) is 0 Å². The number of hydrogen-bond acceptors (Lipinski definition) is 3. The zero-order valence-corrected chi connectivity index (χ0v) is 11.6. The van der Waals surface area contributed by atoms with Crippen LogP contribution in [0.15, 0.2) is 48.5 Å². The van der Waals surface area contributed by atoms with E-state index < -0.39 is 0 Å². The number of hydrogen-bond donors (Lipinski definition) is 0. The van der Waals surface area contributed by atoms with E-state index in [9.17, 15) is 4.39 Å². The molecule has 0 N–H and O–H groups in total. The summed E-state index contributed by atoms with van der Waals surface area (Å²) in [6.07, 6.45) is -0.289. The molecule has 103 valence electrons. The highest BCUT2D eigenvalue weighted by Crippen LogP contribution is 2.33. The molecular weight excluding hydrogens is 279 g/mol. The Labute approximate surface area is 122 Å². The average molecular weight is 292 g/mol. The molecule has 1 aliphatic rings. The van der Waals surface area contributed by atoms with Crippen molar-refractivity contribution in [2.45, 2.75) is 13.2 Å². The third-order valence-electron chi connectivity index (χ3n) is 3.12. The molecule has 1 radical (unpaired) electrons. The van der Waals surface area contributed by atoms with Crippen LogP contribution in [-0.2, 0) is 4.74 Å². The van der Waals surface area contributed by atoms with Crippen molar-refractivity contribution in [3.05, 3.63) is 66.1 Å². The van der Waals surface area contributed by atoms with E-state index in [1.54, 1.807) is 47.1 Å². The molecule has 3 nitrogen and oxygen atoms in total. The minimum absolute atomic E-state index is 0.289. The third kappa shape index (κ3) is 2.32. The van der Waals surface area contributed by atoms with Crippen molar-refractivity contribution < 1.29 is 9.13 Å². The van der Waals surface area contributed by atoms with Gasteiger partial charge in [0.1, 0.15) is 12.0 Å². The van der Waals surface area contributed by atoms with Crippen LogP contribution in [0.3, 0.4) is 0 Å². The van der Waals surface area contributed by atoms with Crippen LogP contribution < -0.4 is 10.0 Å². The Hall–Kier alpha value is -1.78. The van der Waals surface area contributed by atoms with Gasteiger partial charge < -0.3 is 4.74 Å². The number of ether oxygens (including phenoxy) is 1. The molecule has 0 amide bonds. The Morgan fingerprint density at radius 2 is 1.80 bits per heavy atom. The maximum Gasteiger partial charge on any atom is 0.197 e. The Bertz CT molecular complexity index is 605. The van der Waals surface area contributed by atoms with Gasteiger partial charge in [-0.15, -0.1) is 0 Å². The fraction of sp³-hybridized carbons (Fsp3) is 0.133. The Morgan fingerprint density at radius 3 is 2.50 bits per heavy atom. The molecular formula is C15H13ClFN2O. The monoisotopic (exact) mass is 291 g/mol. The van der Waals surface area contributed by atoms with Crippen LogP contribution in [0.5, 0.6) is 0 Å². The molecule has 1 unspecified atom stereocenters. The first-order valence-corrected chi connectivity index (χ1v) is 6.62. The summed E-state index contributed by atoms with van der Waals surface area (Å²) in [5, 5.41) is 4.16. The van der Waals surface area contributed by atoms with E-state index in [0.29, 0.717) is 10.7 Å². The smallest absolute Gasteiger partial charge is 0.197 e. The first kappa shape index (κ1) is 13.2. The molecule has 3 rings (SSSR count). The van der Waals surface area contributed by atoms with Crippen LogP contribution in [0.2, 0.25) is 5.02 Å². The van der Waals surface area contributed by atoms with Crippen molar-refractivity contribution in [1.82, 2.24) is 0 Å². The largest absolute Gasteiger partial charge is 0.327 e. The fourth-order valence-corrected chi connectivity index (χ4v) is 2.28. The van der Waals surface area contributed by atoms with Crippen molar-refractivity contribution in [3.8, 4) is 0 Å². The van der Waals surface area contributed by atoms with Gasteiger partial charge in [-0.25, -0.2) is 9.40 Å². The maximum atomic E-state index is 14.0. The van der Waals surface area contributed by atoms with Crippen LogP contribution >= 0.6 is 11.6 Å². The number of benzene rings is 2. The molecule has 0 aliphatic carbocycles. The quantitative estimate of drug-likeness (QED) is 0.824. The second-order valence-corrected chi connectivity index (χ2v) is 4.89. The van der Waals surface area contributed by atoms with Gasteiger partial charge in [0.15, 0.2) is 6.73 Å². The van der Waals surface area contributed by atoms with E-state index in [-0.39, 0.29) is 12.0 Å². The number of para-hydroxylation sites is 1. The maximum absolute atomic E-state index is 14.0. The van der Waals surface area contributed by atoms with Gasteiger partial charge in [0.05, 0.1) is 11.4 Å². The molecule has 0 spiro atoms. The van der Waals surface area contributed by atoms with Crippen molar-refractivity contribution in [1.29, 1.82) is 0 Å². The Balaban J connectivity index is 1.99. The van der Waals surface area contributed by atoms with E-state index in [2.05, 4.69) is 0 Å². The minimum Gasteiger partial charge on any atom is -0.327 e. The standard InChI is InChI=1S/C15H13ClFN2O/c1-11-19(15-5-3-2-4-14(15)17)18(10-20-11)13-8-6-12(16)7-9-13/h2-11H,1H3. The minimum atomic E-state index is -0.294. The highest BCUT2D eigenvalue weighted by atomic mass is 35.5. The fourth-order valence-electron chi connectivity index (χ4n) is 2.16. The number of nitrogens with zero attached hydrogens (tertiary/aromatic N) is 2. The molecule has 0 saturated carbocycles. The highest BCUT2D eigenvalue weighted by Gasteiger charge is 2.32. The van der Waals surface area contributed by atoms with Crippen molar-refractivity contribution in [2.75, 3.05) is 10.0 Å². The van der Waals surface area contributed by atoms with Crippen LogP contribution in [0.25, 0.3) is 0 Å². The summed E-state index contributed by atoms with van der Waals surface area (Å²) in [7, 11) is 0. The predicted molar refractivity (Wildman–Crippen MR) is 77.7 cm³/mol. The molecule has 1 saturated heterocycles. The summed E-state index contributed by atoms with van der Waals surface area (Å²) in [5.74, 6) is -0.294. The van der Waals surface area contributed by atoms with Gasteiger partial charge in [0.25, 0.3) is 0 Å². The van der Waals surface area contributed by atoms with Crippen molar-refractivity contribution in [3.63, 3.8) is 0 Å². The predicted octanol–water partition coefficient (Wildman–Crippen LogP) is 4.20. The van der Waals surface area contributed by atoms with Gasteiger partial charge in [-0.05, 0) is 43.3 Å². The van der Waals surface area contributed by atoms with Crippen LogP contribution in [-0.4, -0.2) is 6.23 Å². The number of halogens is 2. The first-order chi connectivity index (χ1) is 9.66. The zero-order valence-electron chi connectivity index (χ0n) is 10.8. The van der Waals surface area contributed by atoms with Gasteiger partial charge in [-0.1, -0.05) is 23.7 Å². The van der Waals surface area contributed by atoms with Crippen molar-refractivity contribution >= 4 is 23.0 Å². The molecule has 1 heterocycles. The molecule has 0 aromatic heterocycles. The van der Waals surface area contributed by atoms with Gasteiger partial charge in [-0.3, -0.25) is 5.01 Å². The zero-order chi connectivity index (χ0) is 14.1. The van der Waals surface area contributed by atoms with E-state index in [0.717, 1.165) is 5.69 Å². The molecule has 2 aromatic rings. The number of anilines is 2. The highest BCUT2D eigenvalue weighted by molar-refractivity contribution is 6.30. The summed E-state index contributed by atoms with van der Waals surface area (Å²) < 4.78 is 19.5. The lowest BCUT2D eigenvalue weighted by molar-refractivity contribution is 0.170. The van der Waals surface area contributed by atoms with E-state index in [1.165, 1.54) is 6.07 Å². The lowest BCUT2D eigenvalue weighted by Crippen LogP contribution is -2.40. The molecule has 0 bridgehead atoms. The molecule has 5 heteroatoms. The van der Waals surface area contributed by atoms with Gasteiger partial charge >= 0.3 is 0 Å². The Kier molecular flexibility index (Phi) is 3.51. The lowest BCUT2D eigenvalue weighted by Gasteiger charge is -2.31. The number of rotatable bonds is 2. The van der Waals surface area contributed by atoms with E-state index in [1.807, 2.05) is 19.1 Å². The van der Waals surface area contributed by atoms with E-state index in [4.69, 9.17) is 16.3 Å². The molecule has 20 heavy (non-hydrogen) atoms. The molecule has 1 fully saturated rings. The summed E-state index contributed by atoms with van der Waals surface area (Å²) in [4.78, 5) is 0. The topological polar surface area (TPSA) is 15.7 Å². The van der Waals surface area contributed by atoms with Crippen LogP contribution in [0, 0.1) is 12.5 Å². The van der Waals surface area contributed by atoms with Gasteiger partial charge in [0, 0.05) is 5.02 Å². The second-order valence-electron chi connectivity index (χ2n) is 4.46. The van der Waals surface area contributed by atoms with Crippen molar-refractivity contribution in [2.24, 2.45) is 0 Å². The summed E-state index contributed by atoms with van der Waals surface area (Å²) in [5.41, 5.74) is 1.31. The molecule has 2 aromatic carbocycles. The normalized spacial score (nSPS) is 18.6. The second kappa shape index (κ2) is 5.31. The van der Waals surface area contributed by atoms with Crippen LogP contribution in [0.1, 0.15) is 6.92 Å². The van der Waals surface area contributed by atoms with Crippen LogP contribution in [0.4, 0.5) is 15.8 Å². The Morgan fingerprint density at radius 1 is 1.10 bits per heavy atom. The number of hydrazine groups is 1. The first-order valence-electron chi connectivity index (χ1n) is 6.24. The summed E-state index contributed by atoms with van der Waals surface area (Å²) >= 11 is 5.89. The van der Waals surface area contributed by atoms with E-state index >= 15 is 0 Å². The lowest BCUT2D eigenvalue weighted by atomic mass is 10.3. The third-order valence-corrected chi connectivity index (χ3v) is 3.38. The SMILES string of the molecule is CC1O[CH]N(c2ccc(Cl)cc2)N1c1ccccc1F. The summed E-state index contributed by atoms with van der Waals surface area (Å²) in [6.45, 7) is 3.43. The van der Waals surface area contributed by atoms with Gasteiger partial charge in [0.2, 0.25) is 0 Å². The summed E-state index contributed by atoms with van der Waals surface area (Å²) in [6, 6.07) is 13.9.